The summed E-state index contributed by atoms with van der Waals surface area (Å²) in [6.07, 6.45) is 4.43. The van der Waals surface area contributed by atoms with E-state index >= 15 is 0 Å². The third kappa shape index (κ3) is 3.83. The van der Waals surface area contributed by atoms with E-state index in [0.717, 1.165) is 25.3 Å². The molecule has 1 aromatic rings. The van der Waals surface area contributed by atoms with Gasteiger partial charge in [0.15, 0.2) is 0 Å². The van der Waals surface area contributed by atoms with Crippen LogP contribution in [0.25, 0.3) is 0 Å². The number of unbranched alkanes of at least 4 members (excludes halogenated alkanes) is 1. The van der Waals surface area contributed by atoms with Gasteiger partial charge in [0.25, 0.3) is 0 Å². The van der Waals surface area contributed by atoms with Gasteiger partial charge in [0.1, 0.15) is 0 Å². The summed E-state index contributed by atoms with van der Waals surface area (Å²) in [5, 5.41) is 10.4. The van der Waals surface area contributed by atoms with Crippen LogP contribution in [0.3, 0.4) is 0 Å². The summed E-state index contributed by atoms with van der Waals surface area (Å²) in [5.74, 6) is 0.743. The molecule has 2 rings (SSSR count). The molecular weight excluding hydrogens is 210 g/mol. The van der Waals surface area contributed by atoms with Crippen molar-refractivity contribution in [3.05, 3.63) is 35.9 Å². The van der Waals surface area contributed by atoms with E-state index in [9.17, 15) is 5.11 Å². The Morgan fingerprint density at radius 2 is 1.76 bits per heavy atom. The van der Waals surface area contributed by atoms with Crippen LogP contribution in [0.2, 0.25) is 0 Å². The van der Waals surface area contributed by atoms with Crippen LogP contribution in [0.4, 0.5) is 0 Å². The lowest BCUT2D eigenvalue weighted by Crippen LogP contribution is -2.33. The molecule has 1 aliphatic heterocycles. The predicted molar refractivity (Wildman–Crippen MR) is 69.6 cm³/mol. The molecule has 0 aromatic heterocycles. The summed E-state index contributed by atoms with van der Waals surface area (Å²) in [6.45, 7) is 3.58. The fourth-order valence-electron chi connectivity index (χ4n) is 2.65. The van der Waals surface area contributed by atoms with E-state index in [-0.39, 0.29) is 6.61 Å². The molecule has 0 saturated carbocycles. The number of hydrogen-bond acceptors (Lipinski definition) is 1. The first-order valence-electron chi connectivity index (χ1n) is 6.75. The minimum absolute atomic E-state index is 0.0838. The lowest BCUT2D eigenvalue weighted by molar-refractivity contribution is 0.168. The molecular formula is C15H22NO. The molecule has 1 saturated heterocycles. The minimum atomic E-state index is 0.0838. The Balaban J connectivity index is 1.74. The second-order valence-electron chi connectivity index (χ2n) is 4.94. The van der Waals surface area contributed by atoms with E-state index in [1.54, 1.807) is 0 Å². The molecule has 1 aliphatic rings. The Labute approximate surface area is 104 Å². The van der Waals surface area contributed by atoms with Crippen molar-refractivity contribution in [2.45, 2.75) is 31.6 Å². The molecule has 0 N–H and O–H groups in total. The molecule has 1 aromatic carbocycles. The Morgan fingerprint density at radius 1 is 1.06 bits per heavy atom. The monoisotopic (exact) mass is 232 g/mol. The van der Waals surface area contributed by atoms with Gasteiger partial charge in [-0.15, -0.1) is 0 Å². The van der Waals surface area contributed by atoms with Crippen LogP contribution >= 0.6 is 0 Å². The maximum absolute atomic E-state index is 10.4. The fraction of sp³-hybridized carbons (Fsp3) is 0.600. The fourth-order valence-corrected chi connectivity index (χ4v) is 2.65. The Bertz CT molecular complexity index is 304. The van der Waals surface area contributed by atoms with Gasteiger partial charge in [-0.1, -0.05) is 30.3 Å². The Morgan fingerprint density at radius 3 is 2.41 bits per heavy atom. The second kappa shape index (κ2) is 6.77. The van der Waals surface area contributed by atoms with Crippen molar-refractivity contribution in [2.24, 2.45) is 0 Å². The van der Waals surface area contributed by atoms with Crippen molar-refractivity contribution in [1.29, 1.82) is 0 Å². The van der Waals surface area contributed by atoms with Gasteiger partial charge in [-0.3, -0.25) is 0 Å². The summed E-state index contributed by atoms with van der Waals surface area (Å²) in [4.78, 5) is 2.51. The highest BCUT2D eigenvalue weighted by atomic mass is 16.2. The molecule has 0 aliphatic carbocycles. The van der Waals surface area contributed by atoms with E-state index in [1.165, 1.54) is 31.5 Å². The first-order chi connectivity index (χ1) is 8.40. The standard InChI is InChI=1S/C15H22NO/c17-13-5-4-10-16-11-8-15(9-12-16)14-6-2-1-3-7-14/h1-3,6-7,15H,4-5,8-13H2. The van der Waals surface area contributed by atoms with Gasteiger partial charge in [0.2, 0.25) is 0 Å². The number of rotatable bonds is 5. The summed E-state index contributed by atoms with van der Waals surface area (Å²) >= 11 is 0. The molecule has 0 amide bonds. The lowest BCUT2D eigenvalue weighted by atomic mass is 9.89. The third-order valence-corrected chi connectivity index (χ3v) is 3.73. The molecule has 0 atom stereocenters. The van der Waals surface area contributed by atoms with E-state index in [4.69, 9.17) is 0 Å². The normalized spacial score (nSPS) is 18.4. The SMILES string of the molecule is [O]CCCCN1CCC(c2ccccc2)CC1. The molecule has 2 nitrogen and oxygen atoms in total. The van der Waals surface area contributed by atoms with Gasteiger partial charge in [-0.2, -0.15) is 0 Å². The molecule has 0 spiro atoms. The predicted octanol–water partition coefficient (Wildman–Crippen LogP) is 3.08. The molecule has 1 radical (unpaired) electrons. The molecule has 93 valence electrons. The Kier molecular flexibility index (Phi) is 5.02. The van der Waals surface area contributed by atoms with Gasteiger partial charge in [-0.05, 0) is 56.8 Å². The summed E-state index contributed by atoms with van der Waals surface area (Å²) in [6, 6.07) is 10.9. The van der Waals surface area contributed by atoms with Crippen LogP contribution in [-0.4, -0.2) is 31.1 Å². The van der Waals surface area contributed by atoms with E-state index in [1.807, 2.05) is 0 Å². The van der Waals surface area contributed by atoms with Crippen LogP contribution in [0.1, 0.15) is 37.2 Å². The lowest BCUT2D eigenvalue weighted by Gasteiger charge is -2.32. The molecule has 0 bridgehead atoms. The van der Waals surface area contributed by atoms with Crippen LogP contribution in [-0.2, 0) is 5.11 Å². The Hall–Kier alpha value is -0.860. The van der Waals surface area contributed by atoms with Crippen LogP contribution in [0.15, 0.2) is 30.3 Å². The van der Waals surface area contributed by atoms with Crippen molar-refractivity contribution in [2.75, 3.05) is 26.2 Å². The minimum Gasteiger partial charge on any atom is -0.303 e. The number of nitrogens with zero attached hydrogens (tertiary/aromatic N) is 1. The average molecular weight is 232 g/mol. The van der Waals surface area contributed by atoms with Crippen molar-refractivity contribution in [1.82, 2.24) is 4.90 Å². The maximum atomic E-state index is 10.4. The number of likely N-dealkylation sites (tertiary alicyclic amines) is 1. The van der Waals surface area contributed by atoms with E-state index in [2.05, 4.69) is 35.2 Å². The molecule has 17 heavy (non-hydrogen) atoms. The zero-order valence-corrected chi connectivity index (χ0v) is 10.5. The summed E-state index contributed by atoms with van der Waals surface area (Å²) in [5.41, 5.74) is 1.49. The van der Waals surface area contributed by atoms with Gasteiger partial charge in [0.05, 0.1) is 6.61 Å². The quantitative estimate of drug-likeness (QED) is 0.715. The van der Waals surface area contributed by atoms with Crippen molar-refractivity contribution in [3.63, 3.8) is 0 Å². The van der Waals surface area contributed by atoms with Crippen molar-refractivity contribution in [3.8, 4) is 0 Å². The average Bonchev–Trinajstić information content (AvgIpc) is 2.41. The largest absolute Gasteiger partial charge is 0.303 e. The first kappa shape index (κ1) is 12.6. The maximum Gasteiger partial charge on any atom is 0.0822 e. The van der Waals surface area contributed by atoms with Crippen LogP contribution in [0, 0.1) is 0 Å². The highest BCUT2D eigenvalue weighted by Crippen LogP contribution is 2.27. The van der Waals surface area contributed by atoms with Gasteiger partial charge >= 0.3 is 0 Å². The van der Waals surface area contributed by atoms with E-state index < -0.39 is 0 Å². The number of hydrogen-bond donors (Lipinski definition) is 0. The van der Waals surface area contributed by atoms with Crippen molar-refractivity contribution < 1.29 is 5.11 Å². The molecule has 1 heterocycles. The number of piperidine rings is 1. The highest BCUT2D eigenvalue weighted by molar-refractivity contribution is 5.19. The van der Waals surface area contributed by atoms with Gasteiger partial charge in [0, 0.05) is 0 Å². The third-order valence-electron chi connectivity index (χ3n) is 3.73. The summed E-state index contributed by atoms with van der Waals surface area (Å²) in [7, 11) is 0. The van der Waals surface area contributed by atoms with E-state index in [0.29, 0.717) is 0 Å². The zero-order chi connectivity index (χ0) is 11.9. The highest BCUT2D eigenvalue weighted by Gasteiger charge is 2.19. The number of benzene rings is 1. The second-order valence-corrected chi connectivity index (χ2v) is 4.94. The van der Waals surface area contributed by atoms with Gasteiger partial charge < -0.3 is 4.90 Å². The first-order valence-corrected chi connectivity index (χ1v) is 6.75. The smallest absolute Gasteiger partial charge is 0.0822 e. The molecule has 0 unspecified atom stereocenters. The topological polar surface area (TPSA) is 23.1 Å². The van der Waals surface area contributed by atoms with Crippen LogP contribution < -0.4 is 0 Å². The van der Waals surface area contributed by atoms with Gasteiger partial charge in [-0.25, -0.2) is 5.11 Å². The molecule has 2 heteroatoms. The molecule has 1 fully saturated rings. The van der Waals surface area contributed by atoms with Crippen LogP contribution in [0.5, 0.6) is 0 Å². The van der Waals surface area contributed by atoms with Crippen molar-refractivity contribution >= 4 is 0 Å². The zero-order valence-electron chi connectivity index (χ0n) is 10.5. The summed E-state index contributed by atoms with van der Waals surface area (Å²) < 4.78 is 0.